The van der Waals surface area contributed by atoms with Crippen LogP contribution in [0.2, 0.25) is 0 Å². The molecule has 1 aromatic rings. The van der Waals surface area contributed by atoms with Crippen LogP contribution < -0.4 is 5.32 Å². The number of thioether (sulfide) groups is 1. The summed E-state index contributed by atoms with van der Waals surface area (Å²) in [5.74, 6) is 2.00. The van der Waals surface area contributed by atoms with Gasteiger partial charge in [0.1, 0.15) is 0 Å². The Balaban J connectivity index is 2.40. The molecule has 0 heterocycles. The molecule has 19 heavy (non-hydrogen) atoms. The van der Waals surface area contributed by atoms with Crippen LogP contribution in [0, 0.1) is 12.8 Å². The van der Waals surface area contributed by atoms with Gasteiger partial charge in [-0.15, -0.1) is 11.8 Å². The van der Waals surface area contributed by atoms with E-state index < -0.39 is 0 Å². The van der Waals surface area contributed by atoms with E-state index in [1.807, 2.05) is 11.8 Å². The van der Waals surface area contributed by atoms with Gasteiger partial charge < -0.3 is 10.1 Å². The second-order valence-electron chi connectivity index (χ2n) is 5.29. The van der Waals surface area contributed by atoms with Crippen LogP contribution >= 0.6 is 11.8 Å². The quantitative estimate of drug-likeness (QED) is 0.548. The SMILES string of the molecule is COCCNCc1ccc(SCCC(C)C)cc1C. The van der Waals surface area contributed by atoms with Gasteiger partial charge in [-0.3, -0.25) is 0 Å². The van der Waals surface area contributed by atoms with Crippen LogP contribution in [0.3, 0.4) is 0 Å². The van der Waals surface area contributed by atoms with Crippen molar-refractivity contribution in [1.29, 1.82) is 0 Å². The summed E-state index contributed by atoms with van der Waals surface area (Å²) in [7, 11) is 1.73. The summed E-state index contributed by atoms with van der Waals surface area (Å²) in [5, 5.41) is 3.39. The van der Waals surface area contributed by atoms with Crippen molar-refractivity contribution in [3.63, 3.8) is 0 Å². The maximum atomic E-state index is 5.03. The lowest BCUT2D eigenvalue weighted by atomic mass is 10.1. The van der Waals surface area contributed by atoms with Gasteiger partial charge in [-0.25, -0.2) is 0 Å². The maximum absolute atomic E-state index is 5.03. The molecule has 0 aliphatic carbocycles. The lowest BCUT2D eigenvalue weighted by molar-refractivity contribution is 0.199. The van der Waals surface area contributed by atoms with E-state index in [0.29, 0.717) is 0 Å². The molecule has 0 radical (unpaired) electrons. The Bertz CT molecular complexity index is 366. The Morgan fingerprint density at radius 3 is 2.74 bits per heavy atom. The molecule has 0 spiro atoms. The largest absolute Gasteiger partial charge is 0.383 e. The summed E-state index contributed by atoms with van der Waals surface area (Å²) in [6, 6.07) is 6.79. The van der Waals surface area contributed by atoms with Gasteiger partial charge >= 0.3 is 0 Å². The van der Waals surface area contributed by atoms with Gasteiger partial charge in [0.15, 0.2) is 0 Å². The molecule has 1 rings (SSSR count). The molecule has 0 aliphatic rings. The first-order valence-corrected chi connectivity index (χ1v) is 8.04. The fourth-order valence-electron chi connectivity index (χ4n) is 1.77. The molecule has 0 saturated heterocycles. The molecule has 1 N–H and O–H groups in total. The minimum Gasteiger partial charge on any atom is -0.383 e. The van der Waals surface area contributed by atoms with E-state index in [0.717, 1.165) is 25.6 Å². The Morgan fingerprint density at radius 1 is 1.32 bits per heavy atom. The number of hydrogen-bond donors (Lipinski definition) is 1. The minimum absolute atomic E-state index is 0.766. The average molecular weight is 281 g/mol. The van der Waals surface area contributed by atoms with Crippen molar-refractivity contribution in [3.8, 4) is 0 Å². The number of rotatable bonds is 9. The summed E-state index contributed by atoms with van der Waals surface area (Å²) < 4.78 is 5.03. The van der Waals surface area contributed by atoms with Crippen LogP contribution in [-0.4, -0.2) is 26.0 Å². The maximum Gasteiger partial charge on any atom is 0.0587 e. The Morgan fingerprint density at radius 2 is 2.11 bits per heavy atom. The van der Waals surface area contributed by atoms with Crippen molar-refractivity contribution >= 4 is 11.8 Å². The van der Waals surface area contributed by atoms with E-state index in [1.54, 1.807) is 7.11 Å². The van der Waals surface area contributed by atoms with Crippen LogP contribution in [-0.2, 0) is 11.3 Å². The second kappa shape index (κ2) is 9.40. The number of benzene rings is 1. The van der Waals surface area contributed by atoms with Crippen molar-refractivity contribution in [1.82, 2.24) is 5.32 Å². The molecule has 0 amide bonds. The van der Waals surface area contributed by atoms with Crippen molar-refractivity contribution in [2.75, 3.05) is 26.0 Å². The van der Waals surface area contributed by atoms with Gasteiger partial charge in [0.25, 0.3) is 0 Å². The summed E-state index contributed by atoms with van der Waals surface area (Å²) in [6.07, 6.45) is 1.28. The minimum atomic E-state index is 0.766. The number of methoxy groups -OCH3 is 1. The highest BCUT2D eigenvalue weighted by molar-refractivity contribution is 7.99. The van der Waals surface area contributed by atoms with Crippen molar-refractivity contribution < 1.29 is 4.74 Å². The number of hydrogen-bond acceptors (Lipinski definition) is 3. The monoisotopic (exact) mass is 281 g/mol. The molecule has 1 aromatic carbocycles. The number of ether oxygens (including phenoxy) is 1. The topological polar surface area (TPSA) is 21.3 Å². The molecule has 0 aromatic heterocycles. The third-order valence-corrected chi connectivity index (χ3v) is 4.10. The highest BCUT2D eigenvalue weighted by atomic mass is 32.2. The highest BCUT2D eigenvalue weighted by Crippen LogP contribution is 2.23. The first kappa shape index (κ1) is 16.5. The predicted octanol–water partition coefficient (Wildman–Crippen LogP) is 3.87. The zero-order chi connectivity index (χ0) is 14.1. The lowest BCUT2D eigenvalue weighted by Crippen LogP contribution is -2.19. The van der Waals surface area contributed by atoms with Crippen molar-refractivity contribution in [2.45, 2.75) is 38.6 Å². The molecule has 3 heteroatoms. The predicted molar refractivity (Wildman–Crippen MR) is 84.9 cm³/mol. The van der Waals surface area contributed by atoms with Crippen LogP contribution in [0.5, 0.6) is 0 Å². The molecule has 2 nitrogen and oxygen atoms in total. The third-order valence-electron chi connectivity index (χ3n) is 3.08. The average Bonchev–Trinajstić information content (AvgIpc) is 2.36. The van der Waals surface area contributed by atoms with E-state index in [1.165, 1.54) is 28.2 Å². The smallest absolute Gasteiger partial charge is 0.0587 e. The van der Waals surface area contributed by atoms with Crippen LogP contribution in [0.1, 0.15) is 31.4 Å². The zero-order valence-corrected chi connectivity index (χ0v) is 13.5. The molecule has 0 atom stereocenters. The van der Waals surface area contributed by atoms with Crippen LogP contribution in [0.25, 0.3) is 0 Å². The molecule has 0 saturated carbocycles. The molecule has 0 fully saturated rings. The number of aryl methyl sites for hydroxylation is 1. The van der Waals surface area contributed by atoms with Crippen LogP contribution in [0.15, 0.2) is 23.1 Å². The van der Waals surface area contributed by atoms with Gasteiger partial charge in [-0.05, 0) is 48.3 Å². The van der Waals surface area contributed by atoms with E-state index in [4.69, 9.17) is 4.74 Å². The summed E-state index contributed by atoms with van der Waals surface area (Å²) >= 11 is 1.96. The van der Waals surface area contributed by atoms with E-state index >= 15 is 0 Å². The number of nitrogens with one attached hydrogen (secondary N) is 1. The fraction of sp³-hybridized carbons (Fsp3) is 0.625. The summed E-state index contributed by atoms with van der Waals surface area (Å²) in [5.41, 5.74) is 2.75. The van der Waals surface area contributed by atoms with Gasteiger partial charge in [-0.1, -0.05) is 19.9 Å². The first-order chi connectivity index (χ1) is 9.13. The first-order valence-electron chi connectivity index (χ1n) is 7.05. The van der Waals surface area contributed by atoms with Gasteiger partial charge in [0.2, 0.25) is 0 Å². The zero-order valence-electron chi connectivity index (χ0n) is 12.7. The lowest BCUT2D eigenvalue weighted by Gasteiger charge is -2.10. The van der Waals surface area contributed by atoms with Crippen molar-refractivity contribution in [2.24, 2.45) is 5.92 Å². The van der Waals surface area contributed by atoms with E-state index in [9.17, 15) is 0 Å². The van der Waals surface area contributed by atoms with Gasteiger partial charge in [0.05, 0.1) is 6.61 Å². The summed E-state index contributed by atoms with van der Waals surface area (Å²) in [4.78, 5) is 1.39. The molecule has 0 unspecified atom stereocenters. The molecular weight excluding hydrogens is 254 g/mol. The Kier molecular flexibility index (Phi) is 8.19. The summed E-state index contributed by atoms with van der Waals surface area (Å²) in [6.45, 7) is 9.34. The second-order valence-corrected chi connectivity index (χ2v) is 6.46. The third kappa shape index (κ3) is 7.00. The van der Waals surface area contributed by atoms with Crippen molar-refractivity contribution in [3.05, 3.63) is 29.3 Å². The molecule has 108 valence electrons. The van der Waals surface area contributed by atoms with E-state index in [2.05, 4.69) is 44.3 Å². The fourth-order valence-corrected chi connectivity index (χ4v) is 3.02. The molecule has 0 aliphatic heterocycles. The Labute approximate surface area is 122 Å². The molecule has 0 bridgehead atoms. The van der Waals surface area contributed by atoms with E-state index in [-0.39, 0.29) is 0 Å². The molecular formula is C16H27NOS. The van der Waals surface area contributed by atoms with Gasteiger partial charge in [-0.2, -0.15) is 0 Å². The highest BCUT2D eigenvalue weighted by Gasteiger charge is 2.01. The normalized spacial score (nSPS) is 11.2. The van der Waals surface area contributed by atoms with Gasteiger partial charge in [0, 0.05) is 25.1 Å². The standard InChI is InChI=1S/C16H27NOS/c1-13(2)7-10-19-16-6-5-15(14(3)11-16)12-17-8-9-18-4/h5-6,11,13,17H,7-10,12H2,1-4H3. The van der Waals surface area contributed by atoms with Crippen LogP contribution in [0.4, 0.5) is 0 Å². The Hall–Kier alpha value is -0.510.